The van der Waals surface area contributed by atoms with Crippen molar-refractivity contribution in [2.24, 2.45) is 0 Å². The maximum atomic E-state index is 12.5. The standard InChI is InChI=1S/C20H21NO5S/c1-15(9-10-17-6-5-12-25-17)21-20(22)19-16(11-13-26-19)14-27(23,24)18-7-3-2-4-8-18/h2-8,11-13,15H,9-10,14H2,1H3,(H,21,22). The highest BCUT2D eigenvalue weighted by Gasteiger charge is 2.23. The molecule has 1 N–H and O–H groups in total. The molecule has 0 saturated carbocycles. The van der Waals surface area contributed by atoms with Crippen LogP contribution in [-0.4, -0.2) is 20.4 Å². The number of nitrogens with one attached hydrogen (secondary N) is 1. The van der Waals surface area contributed by atoms with Crippen molar-refractivity contribution in [3.8, 4) is 0 Å². The van der Waals surface area contributed by atoms with Gasteiger partial charge in [0.1, 0.15) is 5.76 Å². The molecule has 2 aromatic heterocycles. The third-order valence-electron chi connectivity index (χ3n) is 4.18. The molecular weight excluding hydrogens is 366 g/mol. The molecule has 2 heterocycles. The van der Waals surface area contributed by atoms with E-state index in [2.05, 4.69) is 5.32 Å². The first-order valence-electron chi connectivity index (χ1n) is 8.63. The summed E-state index contributed by atoms with van der Waals surface area (Å²) in [7, 11) is -3.56. The van der Waals surface area contributed by atoms with E-state index in [1.807, 2.05) is 19.1 Å². The van der Waals surface area contributed by atoms with Crippen molar-refractivity contribution in [1.29, 1.82) is 0 Å². The number of hydrogen-bond acceptors (Lipinski definition) is 5. The molecule has 6 nitrogen and oxygen atoms in total. The number of carbonyl (C=O) groups is 1. The molecule has 0 bridgehead atoms. The summed E-state index contributed by atoms with van der Waals surface area (Å²) in [5.74, 6) is 0.158. The largest absolute Gasteiger partial charge is 0.469 e. The fraction of sp³-hybridized carbons (Fsp3) is 0.250. The molecule has 7 heteroatoms. The van der Waals surface area contributed by atoms with Crippen molar-refractivity contribution in [1.82, 2.24) is 5.32 Å². The molecule has 1 aromatic carbocycles. The minimum Gasteiger partial charge on any atom is -0.469 e. The molecule has 0 aliphatic rings. The third-order valence-corrected chi connectivity index (χ3v) is 5.86. The van der Waals surface area contributed by atoms with Crippen LogP contribution in [0.1, 0.15) is 35.2 Å². The van der Waals surface area contributed by atoms with Gasteiger partial charge in [-0.3, -0.25) is 4.79 Å². The molecule has 0 radical (unpaired) electrons. The molecular formula is C20H21NO5S. The van der Waals surface area contributed by atoms with Gasteiger partial charge in [-0.05, 0) is 43.7 Å². The molecule has 1 amide bonds. The summed E-state index contributed by atoms with van der Waals surface area (Å²) in [6, 6.07) is 13.2. The highest BCUT2D eigenvalue weighted by Crippen LogP contribution is 2.20. The lowest BCUT2D eigenvalue weighted by atomic mass is 10.1. The second-order valence-electron chi connectivity index (χ2n) is 6.34. The fourth-order valence-electron chi connectivity index (χ4n) is 2.74. The average molecular weight is 387 g/mol. The van der Waals surface area contributed by atoms with Crippen molar-refractivity contribution in [2.75, 3.05) is 0 Å². The Hall–Kier alpha value is -2.80. The topological polar surface area (TPSA) is 89.5 Å². The second kappa shape index (κ2) is 8.26. The third kappa shape index (κ3) is 4.89. The van der Waals surface area contributed by atoms with Gasteiger partial charge in [-0.25, -0.2) is 8.42 Å². The van der Waals surface area contributed by atoms with Gasteiger partial charge in [0.15, 0.2) is 15.6 Å². The number of furan rings is 2. The van der Waals surface area contributed by atoms with Gasteiger partial charge in [0.2, 0.25) is 0 Å². The number of aryl methyl sites for hydroxylation is 1. The van der Waals surface area contributed by atoms with Gasteiger partial charge in [0, 0.05) is 18.0 Å². The summed E-state index contributed by atoms with van der Waals surface area (Å²) in [5.41, 5.74) is 0.342. The monoisotopic (exact) mass is 387 g/mol. The van der Waals surface area contributed by atoms with Crippen LogP contribution in [0, 0.1) is 0 Å². The summed E-state index contributed by atoms with van der Waals surface area (Å²) < 4.78 is 35.6. The van der Waals surface area contributed by atoms with Crippen LogP contribution < -0.4 is 5.32 Å². The number of hydrogen-bond donors (Lipinski definition) is 1. The maximum absolute atomic E-state index is 12.5. The van der Waals surface area contributed by atoms with Crippen molar-refractivity contribution >= 4 is 15.7 Å². The molecule has 0 saturated heterocycles. The smallest absolute Gasteiger partial charge is 0.287 e. The Balaban J connectivity index is 1.64. The second-order valence-corrected chi connectivity index (χ2v) is 8.33. The zero-order chi connectivity index (χ0) is 19.3. The van der Waals surface area contributed by atoms with E-state index in [0.717, 1.165) is 5.76 Å². The van der Waals surface area contributed by atoms with Gasteiger partial charge in [-0.1, -0.05) is 18.2 Å². The van der Waals surface area contributed by atoms with Gasteiger partial charge in [0.05, 0.1) is 23.2 Å². The van der Waals surface area contributed by atoms with Gasteiger partial charge in [-0.15, -0.1) is 0 Å². The number of carbonyl (C=O) groups excluding carboxylic acids is 1. The number of amides is 1. The van der Waals surface area contributed by atoms with E-state index in [4.69, 9.17) is 8.83 Å². The molecule has 0 spiro atoms. The van der Waals surface area contributed by atoms with Crippen molar-refractivity contribution < 1.29 is 22.0 Å². The van der Waals surface area contributed by atoms with Gasteiger partial charge in [-0.2, -0.15) is 0 Å². The molecule has 0 aliphatic heterocycles. The van der Waals surface area contributed by atoms with E-state index in [0.29, 0.717) is 18.4 Å². The molecule has 0 aliphatic carbocycles. The van der Waals surface area contributed by atoms with Gasteiger partial charge < -0.3 is 14.2 Å². The van der Waals surface area contributed by atoms with Crippen LogP contribution in [0.15, 0.2) is 74.8 Å². The molecule has 1 unspecified atom stereocenters. The molecule has 0 fully saturated rings. The van der Waals surface area contributed by atoms with E-state index in [1.165, 1.54) is 24.5 Å². The lowest BCUT2D eigenvalue weighted by Gasteiger charge is -2.13. The van der Waals surface area contributed by atoms with Crippen molar-refractivity contribution in [3.05, 3.63) is 78.1 Å². The van der Waals surface area contributed by atoms with Crippen LogP contribution >= 0.6 is 0 Å². The minimum absolute atomic E-state index is 0.0272. The minimum atomic E-state index is -3.56. The van der Waals surface area contributed by atoms with Crippen LogP contribution in [-0.2, 0) is 22.0 Å². The summed E-state index contributed by atoms with van der Waals surface area (Å²) in [6.07, 6.45) is 4.33. The Bertz CT molecular complexity index is 975. The Kier molecular flexibility index (Phi) is 5.81. The van der Waals surface area contributed by atoms with Gasteiger partial charge >= 0.3 is 0 Å². The highest BCUT2D eigenvalue weighted by atomic mass is 32.2. The van der Waals surface area contributed by atoms with Crippen LogP contribution in [0.2, 0.25) is 0 Å². The van der Waals surface area contributed by atoms with E-state index in [-0.39, 0.29) is 22.5 Å². The zero-order valence-corrected chi connectivity index (χ0v) is 15.7. The normalized spacial score (nSPS) is 12.6. The SMILES string of the molecule is CC(CCc1ccco1)NC(=O)c1occc1CS(=O)(=O)c1ccccc1. The summed E-state index contributed by atoms with van der Waals surface area (Å²) in [4.78, 5) is 12.7. The fourth-order valence-corrected chi connectivity index (χ4v) is 4.11. The average Bonchev–Trinajstić information content (AvgIpc) is 3.32. The predicted molar refractivity (Wildman–Crippen MR) is 100.0 cm³/mol. The summed E-state index contributed by atoms with van der Waals surface area (Å²) >= 11 is 0. The van der Waals surface area contributed by atoms with Crippen LogP contribution in [0.3, 0.4) is 0 Å². The van der Waals surface area contributed by atoms with Gasteiger partial charge in [0.25, 0.3) is 5.91 Å². The number of rotatable bonds is 8. The first-order chi connectivity index (χ1) is 13.0. The molecule has 3 aromatic rings. The van der Waals surface area contributed by atoms with Crippen LogP contribution in [0.4, 0.5) is 0 Å². The molecule has 27 heavy (non-hydrogen) atoms. The first kappa shape index (κ1) is 19.0. The Morgan fingerprint density at radius 1 is 1.04 bits per heavy atom. The first-order valence-corrected chi connectivity index (χ1v) is 10.3. The lowest BCUT2D eigenvalue weighted by Crippen LogP contribution is -2.33. The van der Waals surface area contributed by atoms with E-state index in [9.17, 15) is 13.2 Å². The Morgan fingerprint density at radius 3 is 2.52 bits per heavy atom. The van der Waals surface area contributed by atoms with E-state index in [1.54, 1.807) is 24.5 Å². The Labute approximate surface area is 158 Å². The van der Waals surface area contributed by atoms with E-state index >= 15 is 0 Å². The molecule has 3 rings (SSSR count). The number of benzene rings is 1. The van der Waals surface area contributed by atoms with Crippen molar-refractivity contribution in [3.63, 3.8) is 0 Å². The maximum Gasteiger partial charge on any atom is 0.287 e. The number of sulfone groups is 1. The highest BCUT2D eigenvalue weighted by molar-refractivity contribution is 7.90. The quantitative estimate of drug-likeness (QED) is 0.638. The molecule has 1 atom stereocenters. The summed E-state index contributed by atoms with van der Waals surface area (Å²) in [5, 5.41) is 2.84. The van der Waals surface area contributed by atoms with Crippen LogP contribution in [0.25, 0.3) is 0 Å². The Morgan fingerprint density at radius 2 is 1.81 bits per heavy atom. The van der Waals surface area contributed by atoms with E-state index < -0.39 is 15.7 Å². The van der Waals surface area contributed by atoms with Crippen LogP contribution in [0.5, 0.6) is 0 Å². The summed E-state index contributed by atoms with van der Waals surface area (Å²) in [6.45, 7) is 1.88. The predicted octanol–water partition coefficient (Wildman–Crippen LogP) is 3.60. The van der Waals surface area contributed by atoms with Crippen molar-refractivity contribution in [2.45, 2.75) is 36.5 Å². The molecule has 142 valence electrons. The zero-order valence-electron chi connectivity index (χ0n) is 14.9. The lowest BCUT2D eigenvalue weighted by molar-refractivity contribution is 0.0909.